The Morgan fingerprint density at radius 1 is 1.21 bits per heavy atom. The van der Waals surface area contributed by atoms with Crippen LogP contribution in [0.2, 0.25) is 5.02 Å². The van der Waals surface area contributed by atoms with Crippen LogP contribution in [-0.2, 0) is 0 Å². The molecule has 3 atom stereocenters. The van der Waals surface area contributed by atoms with Gasteiger partial charge in [0, 0.05) is 6.42 Å². The topological polar surface area (TPSA) is 68.2 Å². The molecule has 1 aliphatic rings. The van der Waals surface area contributed by atoms with Crippen molar-refractivity contribution in [1.82, 2.24) is 15.1 Å². The molecule has 0 unspecified atom stereocenters. The van der Waals surface area contributed by atoms with Gasteiger partial charge in [-0.3, -0.25) is 4.79 Å². The lowest BCUT2D eigenvalue weighted by Gasteiger charge is -2.33. The average Bonchev–Trinajstić information content (AvgIpc) is 3.15. The number of hydrogen-bond acceptors (Lipinski definition) is 4. The number of halogens is 4. The van der Waals surface area contributed by atoms with Gasteiger partial charge >= 0.3 is 6.18 Å². The minimum absolute atomic E-state index is 0.0384. The van der Waals surface area contributed by atoms with Crippen LogP contribution in [0.3, 0.4) is 0 Å². The van der Waals surface area contributed by atoms with Crippen molar-refractivity contribution in [3.63, 3.8) is 0 Å². The fourth-order valence-electron chi connectivity index (χ4n) is 3.88. The zero-order valence-corrected chi connectivity index (χ0v) is 18.6. The molecule has 0 saturated heterocycles. The van der Waals surface area contributed by atoms with Crippen molar-refractivity contribution in [1.29, 1.82) is 0 Å². The number of aromatic nitrogens is 2. The molecule has 2 heterocycles. The molecule has 0 aliphatic carbocycles. The van der Waals surface area contributed by atoms with Crippen LogP contribution in [0.1, 0.15) is 53.1 Å². The number of hydrogen-bond donors (Lipinski definition) is 2. The van der Waals surface area contributed by atoms with Gasteiger partial charge in [0.2, 0.25) is 0 Å². The summed E-state index contributed by atoms with van der Waals surface area (Å²) in [6.07, 6.45) is -4.88. The minimum Gasteiger partial charge on any atom is -0.497 e. The third kappa shape index (κ3) is 4.64. The van der Waals surface area contributed by atoms with Gasteiger partial charge in [-0.25, -0.2) is 4.68 Å². The van der Waals surface area contributed by atoms with Crippen LogP contribution in [0.4, 0.5) is 19.0 Å². The van der Waals surface area contributed by atoms with E-state index in [1.165, 1.54) is 7.11 Å². The highest BCUT2D eigenvalue weighted by atomic mass is 35.5. The Kier molecular flexibility index (Phi) is 6.25. The molecular formula is C23H22ClF3N4O2. The summed E-state index contributed by atoms with van der Waals surface area (Å²) in [4.78, 5) is 12.9. The van der Waals surface area contributed by atoms with Crippen molar-refractivity contribution in [3.8, 4) is 5.75 Å². The van der Waals surface area contributed by atoms with Crippen molar-refractivity contribution < 1.29 is 22.7 Å². The number of nitrogens with one attached hydrogen (secondary N) is 2. The summed E-state index contributed by atoms with van der Waals surface area (Å²) in [5.41, 5.74) is 1.22. The van der Waals surface area contributed by atoms with E-state index >= 15 is 0 Å². The van der Waals surface area contributed by atoms with Crippen molar-refractivity contribution >= 4 is 23.3 Å². The summed E-state index contributed by atoms with van der Waals surface area (Å²) in [6, 6.07) is 12.9. The normalized spacial score (nSPS) is 18.7. The molecule has 2 N–H and O–H groups in total. The van der Waals surface area contributed by atoms with Gasteiger partial charge in [0.25, 0.3) is 5.91 Å². The highest BCUT2D eigenvalue weighted by Gasteiger charge is 2.47. The number of methoxy groups -OCH3 is 1. The second-order valence-corrected chi connectivity index (χ2v) is 8.20. The van der Waals surface area contributed by atoms with Crippen molar-refractivity contribution in [2.24, 2.45) is 0 Å². The van der Waals surface area contributed by atoms with Gasteiger partial charge in [0.05, 0.1) is 19.2 Å². The second kappa shape index (κ2) is 8.97. The molecular weight excluding hydrogens is 457 g/mol. The number of anilines is 1. The Labute approximate surface area is 193 Å². The van der Waals surface area contributed by atoms with E-state index in [1.807, 2.05) is 30.3 Å². The molecule has 174 valence electrons. The highest BCUT2D eigenvalue weighted by Crippen LogP contribution is 2.46. The molecule has 6 nitrogen and oxygen atoms in total. The third-order valence-corrected chi connectivity index (χ3v) is 6.03. The molecule has 1 aromatic heterocycles. The Hall–Kier alpha value is -3.20. The predicted octanol–water partition coefficient (Wildman–Crippen LogP) is 5.70. The van der Waals surface area contributed by atoms with Crippen LogP contribution in [0, 0.1) is 0 Å². The second-order valence-electron chi connectivity index (χ2n) is 7.82. The number of fused-ring (bicyclic) bond motifs is 1. The summed E-state index contributed by atoms with van der Waals surface area (Å²) in [7, 11) is 1.51. The van der Waals surface area contributed by atoms with Crippen LogP contribution >= 0.6 is 11.6 Å². The largest absolute Gasteiger partial charge is 0.497 e. The maximum atomic E-state index is 13.9. The number of carbonyl (C=O) groups is 1. The van der Waals surface area contributed by atoms with Crippen LogP contribution in [0.5, 0.6) is 5.75 Å². The fourth-order valence-corrected chi connectivity index (χ4v) is 4.14. The number of carbonyl (C=O) groups excluding carboxylic acids is 1. The zero-order chi connectivity index (χ0) is 23.8. The summed E-state index contributed by atoms with van der Waals surface area (Å²) in [5.74, 6) is -0.0953. The molecule has 0 saturated carbocycles. The number of amides is 1. The summed E-state index contributed by atoms with van der Waals surface area (Å²) < 4.78 is 47.7. The van der Waals surface area contributed by atoms with E-state index in [0.29, 0.717) is 11.3 Å². The smallest absolute Gasteiger partial charge is 0.410 e. The van der Waals surface area contributed by atoms with Gasteiger partial charge in [0.15, 0.2) is 11.7 Å². The Bertz CT molecular complexity index is 1130. The lowest BCUT2D eigenvalue weighted by atomic mass is 9.97. The first-order chi connectivity index (χ1) is 15.7. The third-order valence-electron chi connectivity index (χ3n) is 5.68. The Morgan fingerprint density at radius 2 is 1.88 bits per heavy atom. The van der Waals surface area contributed by atoms with Gasteiger partial charge in [-0.2, -0.15) is 18.3 Å². The number of rotatable bonds is 5. The van der Waals surface area contributed by atoms with E-state index in [9.17, 15) is 18.0 Å². The molecule has 4 rings (SSSR count). The summed E-state index contributed by atoms with van der Waals surface area (Å²) in [5, 5.41) is 9.60. The molecule has 0 radical (unpaired) electrons. The minimum atomic E-state index is -4.58. The van der Waals surface area contributed by atoms with Gasteiger partial charge < -0.3 is 15.4 Å². The lowest BCUT2D eigenvalue weighted by molar-refractivity contribution is -0.173. The van der Waals surface area contributed by atoms with E-state index in [2.05, 4.69) is 15.7 Å². The number of ether oxygens (including phenoxy) is 1. The predicted molar refractivity (Wildman–Crippen MR) is 119 cm³/mol. The molecule has 3 aromatic rings. The van der Waals surface area contributed by atoms with Gasteiger partial charge in [-0.15, -0.1) is 0 Å². The van der Waals surface area contributed by atoms with E-state index < -0.39 is 24.2 Å². The SMILES string of the molecule is COc1ccc([C@H]2C[C@H](C(F)(F)F)n3nc(C(=O)N[C@@H](C)c4ccccc4)c(Cl)c3N2)cc1. The van der Waals surface area contributed by atoms with E-state index in [-0.39, 0.29) is 29.0 Å². The quantitative estimate of drug-likeness (QED) is 0.494. The number of nitrogens with zero attached hydrogens (tertiary/aromatic N) is 2. The first-order valence-electron chi connectivity index (χ1n) is 10.3. The van der Waals surface area contributed by atoms with E-state index in [1.54, 1.807) is 31.2 Å². The Balaban J connectivity index is 1.65. The van der Waals surface area contributed by atoms with Crippen molar-refractivity contribution in [3.05, 3.63) is 76.4 Å². The highest BCUT2D eigenvalue weighted by molar-refractivity contribution is 6.36. The standard InChI is InChI=1S/C23H22ClF3N4O2/c1-13(14-6-4-3-5-7-14)28-22(32)20-19(24)21-29-17(15-8-10-16(33-2)11-9-15)12-18(23(25,26)27)31(21)30-20/h3-11,13,17-18,29H,12H2,1-2H3,(H,28,32)/t13-,17+,18+/m0/s1. The van der Waals surface area contributed by atoms with Gasteiger partial charge in [-0.05, 0) is 30.2 Å². The van der Waals surface area contributed by atoms with Gasteiger partial charge in [-0.1, -0.05) is 54.1 Å². The van der Waals surface area contributed by atoms with Crippen LogP contribution in [-0.4, -0.2) is 29.0 Å². The first-order valence-corrected chi connectivity index (χ1v) is 10.7. The molecule has 0 bridgehead atoms. The van der Waals surface area contributed by atoms with Gasteiger partial charge in [0.1, 0.15) is 16.6 Å². The van der Waals surface area contributed by atoms with E-state index in [0.717, 1.165) is 10.2 Å². The number of alkyl halides is 3. The van der Waals surface area contributed by atoms with Crippen molar-refractivity contribution in [2.75, 3.05) is 12.4 Å². The zero-order valence-electron chi connectivity index (χ0n) is 17.9. The maximum Gasteiger partial charge on any atom is 0.410 e. The average molecular weight is 479 g/mol. The molecule has 1 aliphatic heterocycles. The maximum absolute atomic E-state index is 13.9. The fraction of sp³-hybridized carbons (Fsp3) is 0.304. The monoisotopic (exact) mass is 478 g/mol. The molecule has 0 spiro atoms. The van der Waals surface area contributed by atoms with Crippen LogP contribution in [0.15, 0.2) is 54.6 Å². The van der Waals surface area contributed by atoms with Crippen LogP contribution < -0.4 is 15.4 Å². The molecule has 0 fully saturated rings. The summed E-state index contributed by atoms with van der Waals surface area (Å²) >= 11 is 6.39. The first kappa shape index (κ1) is 23.0. The lowest BCUT2D eigenvalue weighted by Crippen LogP contribution is -2.36. The Morgan fingerprint density at radius 3 is 2.48 bits per heavy atom. The molecule has 1 amide bonds. The molecule has 33 heavy (non-hydrogen) atoms. The number of benzene rings is 2. The van der Waals surface area contributed by atoms with Crippen LogP contribution in [0.25, 0.3) is 0 Å². The molecule has 2 aromatic carbocycles. The van der Waals surface area contributed by atoms with E-state index in [4.69, 9.17) is 16.3 Å². The van der Waals surface area contributed by atoms with Crippen molar-refractivity contribution in [2.45, 2.75) is 37.6 Å². The molecule has 10 heteroatoms. The summed E-state index contributed by atoms with van der Waals surface area (Å²) in [6.45, 7) is 1.77.